The fraction of sp³-hybridized carbons (Fsp3) is 0.125. The van der Waals surface area contributed by atoms with Crippen LogP contribution in [0.25, 0.3) is 0 Å². The minimum Gasteiger partial charge on any atom is -0.493 e. The molecular weight excluding hydrogens is 238 g/mol. The molecule has 80 valence electrons. The Kier molecular flexibility index (Phi) is 2.94. The van der Waals surface area contributed by atoms with Gasteiger partial charge in [0.25, 0.3) is 9.03 Å². The molecule has 0 amide bonds. The highest BCUT2D eigenvalue weighted by Gasteiger charge is 2.23. The second-order valence-electron chi connectivity index (χ2n) is 2.70. The zero-order valence-corrected chi connectivity index (χ0v) is 9.93. The van der Waals surface area contributed by atoms with Gasteiger partial charge in [-0.05, 0) is 12.1 Å². The first-order chi connectivity index (χ1) is 7.26. The summed E-state index contributed by atoms with van der Waals surface area (Å²) in [5, 5.41) is 0. The Bertz CT molecular complexity index is 406. The summed E-state index contributed by atoms with van der Waals surface area (Å²) in [6.07, 6.45) is 0. The van der Waals surface area contributed by atoms with E-state index in [4.69, 9.17) is 13.8 Å². The van der Waals surface area contributed by atoms with Crippen LogP contribution >= 0.6 is 18.5 Å². The fourth-order valence-electron chi connectivity index (χ4n) is 1.20. The van der Waals surface area contributed by atoms with Crippen molar-refractivity contribution >= 4 is 24.5 Å². The first-order valence-corrected chi connectivity index (χ1v) is 5.27. The molecule has 0 bridgehead atoms. The molecular formula is C8H8O5P2. The molecule has 0 saturated heterocycles. The third kappa shape index (κ3) is 1.85. The van der Waals surface area contributed by atoms with Crippen molar-refractivity contribution in [1.29, 1.82) is 0 Å². The van der Waals surface area contributed by atoms with Gasteiger partial charge in [0.05, 0.1) is 22.1 Å². The monoisotopic (exact) mass is 246 g/mol. The molecule has 0 spiro atoms. The van der Waals surface area contributed by atoms with Gasteiger partial charge in [0.15, 0.2) is 11.5 Å². The number of benzene rings is 1. The Balaban J connectivity index is 2.48. The number of ether oxygens (including phenoxy) is 1. The zero-order chi connectivity index (χ0) is 10.8. The Hall–Kier alpha value is -1.05. The second-order valence-corrected chi connectivity index (χ2v) is 3.51. The molecule has 0 aliphatic carbocycles. The molecule has 5 nitrogen and oxygen atoms in total. The van der Waals surface area contributed by atoms with E-state index in [1.54, 1.807) is 12.1 Å². The number of methoxy groups -OCH3 is 1. The van der Waals surface area contributed by atoms with Crippen LogP contribution < -0.4 is 13.8 Å². The third-order valence-electron chi connectivity index (χ3n) is 1.88. The van der Waals surface area contributed by atoms with E-state index in [9.17, 15) is 4.79 Å². The van der Waals surface area contributed by atoms with Crippen LogP contribution in [0.15, 0.2) is 12.1 Å². The van der Waals surface area contributed by atoms with E-state index in [1.807, 2.05) is 9.47 Å². The number of rotatable bonds is 2. The molecule has 2 rings (SSSR count). The van der Waals surface area contributed by atoms with Gasteiger partial charge in [-0.3, -0.25) is 0 Å². The lowest BCUT2D eigenvalue weighted by molar-refractivity contribution is 0.0765. The van der Waals surface area contributed by atoms with E-state index < -0.39 is 5.97 Å². The van der Waals surface area contributed by atoms with Gasteiger partial charge in [-0.2, -0.15) is 0 Å². The summed E-state index contributed by atoms with van der Waals surface area (Å²) in [6.45, 7) is 0. The van der Waals surface area contributed by atoms with E-state index >= 15 is 0 Å². The van der Waals surface area contributed by atoms with Gasteiger partial charge in [-0.1, -0.05) is 0 Å². The summed E-state index contributed by atoms with van der Waals surface area (Å²) >= 11 is 0. The summed E-state index contributed by atoms with van der Waals surface area (Å²) in [7, 11) is 3.29. The molecule has 0 N–H and O–H groups in total. The Labute approximate surface area is 90.3 Å². The molecule has 2 unspecified atom stereocenters. The Morgan fingerprint density at radius 2 is 2.27 bits per heavy atom. The zero-order valence-electron chi connectivity index (χ0n) is 7.77. The molecule has 1 heterocycles. The molecule has 7 heteroatoms. The van der Waals surface area contributed by atoms with Crippen molar-refractivity contribution in [2.24, 2.45) is 0 Å². The average Bonchev–Trinajstić information content (AvgIpc) is 2.74. The van der Waals surface area contributed by atoms with Gasteiger partial charge in [-0.25, -0.2) is 4.79 Å². The maximum absolute atomic E-state index is 11.3. The maximum Gasteiger partial charge on any atom is 0.340 e. The molecule has 0 radical (unpaired) electrons. The van der Waals surface area contributed by atoms with Crippen LogP contribution in [0, 0.1) is 0 Å². The van der Waals surface area contributed by atoms with Gasteiger partial charge in [0.1, 0.15) is 0 Å². The SMILES string of the molecule is COc1cc(C(=O)OP)cc2c1OPO2. The molecule has 1 aromatic carbocycles. The lowest BCUT2D eigenvalue weighted by Crippen LogP contribution is -1.98. The van der Waals surface area contributed by atoms with E-state index in [2.05, 4.69) is 4.52 Å². The van der Waals surface area contributed by atoms with Gasteiger partial charge in [0, 0.05) is 0 Å². The first kappa shape index (κ1) is 10.5. The van der Waals surface area contributed by atoms with E-state index in [-0.39, 0.29) is 9.03 Å². The van der Waals surface area contributed by atoms with E-state index in [0.717, 1.165) is 0 Å². The minimum atomic E-state index is -0.472. The summed E-state index contributed by atoms with van der Waals surface area (Å²) in [5.74, 6) is 1.01. The van der Waals surface area contributed by atoms with Crippen LogP contribution in [0.4, 0.5) is 0 Å². The predicted octanol–water partition coefficient (Wildman–Crippen LogP) is 1.92. The second kappa shape index (κ2) is 4.21. The smallest absolute Gasteiger partial charge is 0.340 e. The fourth-order valence-corrected chi connectivity index (χ4v) is 1.90. The standard InChI is InChI=1S/C8H8O5P2/c1-10-5-2-4(8(9)11-14)3-6-7(5)13-15-12-6/h2-3,15H,14H2,1H3. The van der Waals surface area contributed by atoms with Crippen LogP contribution in [0.3, 0.4) is 0 Å². The normalized spacial score (nSPS) is 14.0. The van der Waals surface area contributed by atoms with Crippen molar-refractivity contribution in [1.82, 2.24) is 0 Å². The lowest BCUT2D eigenvalue weighted by Gasteiger charge is -2.06. The summed E-state index contributed by atoms with van der Waals surface area (Å²) < 4.78 is 20.0. The van der Waals surface area contributed by atoms with Gasteiger partial charge in [0.2, 0.25) is 5.75 Å². The molecule has 1 aromatic rings. The molecule has 1 aliphatic rings. The van der Waals surface area contributed by atoms with E-state index in [0.29, 0.717) is 22.8 Å². The highest BCUT2D eigenvalue weighted by molar-refractivity contribution is 7.27. The quantitative estimate of drug-likeness (QED) is 0.746. The summed E-state index contributed by atoms with van der Waals surface area (Å²) in [6, 6.07) is 3.11. The van der Waals surface area contributed by atoms with Gasteiger partial charge in [-0.15, -0.1) is 0 Å². The maximum atomic E-state index is 11.3. The summed E-state index contributed by atoms with van der Waals surface area (Å²) in [5.41, 5.74) is 0.357. The molecule has 0 fully saturated rings. The lowest BCUT2D eigenvalue weighted by atomic mass is 10.2. The summed E-state index contributed by atoms with van der Waals surface area (Å²) in [4.78, 5) is 11.3. The highest BCUT2D eigenvalue weighted by Crippen LogP contribution is 2.48. The third-order valence-corrected chi connectivity index (χ3v) is 2.68. The van der Waals surface area contributed by atoms with E-state index in [1.165, 1.54) is 7.11 Å². The number of carbonyl (C=O) groups is 1. The molecule has 0 saturated carbocycles. The first-order valence-electron chi connectivity index (χ1n) is 3.98. The van der Waals surface area contributed by atoms with Crippen molar-refractivity contribution in [3.63, 3.8) is 0 Å². The van der Waals surface area contributed by atoms with Crippen molar-refractivity contribution in [3.8, 4) is 17.2 Å². The van der Waals surface area contributed by atoms with Crippen molar-refractivity contribution < 1.29 is 23.1 Å². The van der Waals surface area contributed by atoms with Crippen LogP contribution in [0.5, 0.6) is 17.2 Å². The molecule has 2 atom stereocenters. The van der Waals surface area contributed by atoms with Crippen LogP contribution in [0.2, 0.25) is 0 Å². The van der Waals surface area contributed by atoms with Crippen LogP contribution in [-0.4, -0.2) is 13.1 Å². The van der Waals surface area contributed by atoms with Crippen molar-refractivity contribution in [2.45, 2.75) is 0 Å². The number of carbonyl (C=O) groups excluding carboxylic acids is 1. The molecule has 1 aliphatic heterocycles. The number of hydrogen-bond donors (Lipinski definition) is 0. The topological polar surface area (TPSA) is 54.0 Å². The van der Waals surface area contributed by atoms with Crippen LogP contribution in [-0.2, 0) is 4.52 Å². The number of hydrogen-bond acceptors (Lipinski definition) is 5. The van der Waals surface area contributed by atoms with Gasteiger partial charge < -0.3 is 18.3 Å². The molecule has 0 aromatic heterocycles. The Morgan fingerprint density at radius 1 is 1.47 bits per heavy atom. The average molecular weight is 246 g/mol. The predicted molar refractivity (Wildman–Crippen MR) is 57.7 cm³/mol. The van der Waals surface area contributed by atoms with Crippen LogP contribution in [0.1, 0.15) is 10.4 Å². The minimum absolute atomic E-state index is 0.101. The van der Waals surface area contributed by atoms with Gasteiger partial charge >= 0.3 is 5.97 Å². The number of fused-ring (bicyclic) bond motifs is 1. The molecule has 15 heavy (non-hydrogen) atoms. The Morgan fingerprint density at radius 3 is 2.93 bits per heavy atom. The highest BCUT2D eigenvalue weighted by atomic mass is 31.1. The van der Waals surface area contributed by atoms with Crippen molar-refractivity contribution in [3.05, 3.63) is 17.7 Å². The largest absolute Gasteiger partial charge is 0.493 e. The van der Waals surface area contributed by atoms with Crippen molar-refractivity contribution in [2.75, 3.05) is 7.11 Å².